The van der Waals surface area contributed by atoms with E-state index in [0.29, 0.717) is 12.0 Å². The fourth-order valence-corrected chi connectivity index (χ4v) is 3.53. The van der Waals surface area contributed by atoms with Crippen LogP contribution in [0.4, 0.5) is 0 Å². The first-order valence-corrected chi connectivity index (χ1v) is 7.08. The fraction of sp³-hybridized carbons (Fsp3) is 1.00. The molecule has 0 aromatic rings. The van der Waals surface area contributed by atoms with Crippen molar-refractivity contribution in [1.29, 1.82) is 0 Å². The van der Waals surface area contributed by atoms with E-state index in [-0.39, 0.29) is 5.60 Å². The van der Waals surface area contributed by atoms with Crippen molar-refractivity contribution >= 4 is 0 Å². The number of hydrogen-bond donors (Lipinski definition) is 1. The number of piperidine rings is 1. The second-order valence-electron chi connectivity index (χ2n) is 6.07. The first kappa shape index (κ1) is 12.4. The molecule has 0 aromatic heterocycles. The Balaban J connectivity index is 1.88. The summed E-state index contributed by atoms with van der Waals surface area (Å²) in [6.07, 6.45) is 8.32. The summed E-state index contributed by atoms with van der Waals surface area (Å²) in [6.45, 7) is 6.92. The lowest BCUT2D eigenvalue weighted by atomic mass is 9.72. The largest absolute Gasteiger partial charge is 0.390 e. The van der Waals surface area contributed by atoms with Crippen molar-refractivity contribution in [1.82, 2.24) is 4.90 Å². The van der Waals surface area contributed by atoms with Crippen LogP contribution in [0.25, 0.3) is 0 Å². The summed E-state index contributed by atoms with van der Waals surface area (Å²) >= 11 is 0. The monoisotopic (exact) mass is 225 g/mol. The minimum atomic E-state index is -0.304. The molecular weight excluding hydrogens is 198 g/mol. The summed E-state index contributed by atoms with van der Waals surface area (Å²) in [5, 5.41) is 10.7. The molecule has 0 amide bonds. The number of likely N-dealkylation sites (tertiary alicyclic amines) is 1. The molecule has 0 spiro atoms. The van der Waals surface area contributed by atoms with Crippen molar-refractivity contribution in [3.8, 4) is 0 Å². The maximum atomic E-state index is 10.7. The highest BCUT2D eigenvalue weighted by Crippen LogP contribution is 2.39. The topological polar surface area (TPSA) is 23.5 Å². The third-order valence-electron chi connectivity index (χ3n) is 4.74. The van der Waals surface area contributed by atoms with Gasteiger partial charge in [-0.1, -0.05) is 19.3 Å². The Kier molecular flexibility index (Phi) is 3.91. The van der Waals surface area contributed by atoms with Crippen LogP contribution < -0.4 is 0 Å². The van der Waals surface area contributed by atoms with E-state index in [0.717, 1.165) is 12.8 Å². The Morgan fingerprint density at radius 3 is 2.12 bits per heavy atom. The molecule has 2 nitrogen and oxygen atoms in total. The Hall–Kier alpha value is -0.0800. The lowest BCUT2D eigenvalue weighted by molar-refractivity contribution is -0.0710. The van der Waals surface area contributed by atoms with E-state index >= 15 is 0 Å². The highest BCUT2D eigenvalue weighted by Gasteiger charge is 2.39. The molecule has 2 rings (SSSR count). The fourth-order valence-electron chi connectivity index (χ4n) is 3.53. The van der Waals surface area contributed by atoms with Gasteiger partial charge >= 0.3 is 0 Å². The van der Waals surface area contributed by atoms with E-state index in [4.69, 9.17) is 0 Å². The Bertz CT molecular complexity index is 213. The summed E-state index contributed by atoms with van der Waals surface area (Å²) < 4.78 is 0. The molecule has 0 radical (unpaired) electrons. The molecule has 2 heteroatoms. The van der Waals surface area contributed by atoms with Crippen molar-refractivity contribution in [2.45, 2.75) is 70.4 Å². The van der Waals surface area contributed by atoms with Gasteiger partial charge in [0.2, 0.25) is 0 Å². The Morgan fingerprint density at radius 2 is 1.62 bits per heavy atom. The molecule has 94 valence electrons. The van der Waals surface area contributed by atoms with E-state index in [1.807, 2.05) is 0 Å². The average Bonchev–Trinajstić information content (AvgIpc) is 2.30. The summed E-state index contributed by atoms with van der Waals surface area (Å²) in [5.41, 5.74) is -0.304. The molecular formula is C14H27NO. The Morgan fingerprint density at radius 1 is 1.06 bits per heavy atom. The zero-order valence-electron chi connectivity index (χ0n) is 10.9. The third-order valence-corrected chi connectivity index (χ3v) is 4.74. The molecule has 0 bridgehead atoms. The van der Waals surface area contributed by atoms with E-state index in [1.54, 1.807) is 0 Å². The van der Waals surface area contributed by atoms with Crippen LogP contribution >= 0.6 is 0 Å². The normalized spacial score (nSPS) is 28.5. The summed E-state index contributed by atoms with van der Waals surface area (Å²) in [4.78, 5) is 2.54. The number of aliphatic hydroxyl groups is 1. The van der Waals surface area contributed by atoms with Crippen molar-refractivity contribution in [3.05, 3.63) is 0 Å². The molecule has 1 saturated heterocycles. The Labute approximate surface area is 100 Å². The van der Waals surface area contributed by atoms with Crippen LogP contribution in [0.15, 0.2) is 0 Å². The molecule has 1 aliphatic carbocycles. The zero-order chi connectivity index (χ0) is 11.6. The first-order chi connectivity index (χ1) is 7.62. The van der Waals surface area contributed by atoms with Crippen molar-refractivity contribution in [3.63, 3.8) is 0 Å². The van der Waals surface area contributed by atoms with Gasteiger partial charge in [-0.3, -0.25) is 0 Å². The molecule has 1 N–H and O–H groups in total. The minimum Gasteiger partial charge on any atom is -0.390 e. The van der Waals surface area contributed by atoms with Crippen LogP contribution in [0.1, 0.15) is 58.8 Å². The van der Waals surface area contributed by atoms with E-state index in [1.165, 1.54) is 45.2 Å². The number of hydrogen-bond acceptors (Lipinski definition) is 2. The summed E-state index contributed by atoms with van der Waals surface area (Å²) in [6, 6.07) is 0.668. The molecule has 2 fully saturated rings. The highest BCUT2D eigenvalue weighted by atomic mass is 16.3. The van der Waals surface area contributed by atoms with E-state index in [9.17, 15) is 5.11 Å². The zero-order valence-corrected chi connectivity index (χ0v) is 10.9. The van der Waals surface area contributed by atoms with Gasteiger partial charge in [-0.25, -0.2) is 0 Å². The molecule has 0 atom stereocenters. The number of nitrogens with zero attached hydrogens (tertiary/aromatic N) is 1. The van der Waals surface area contributed by atoms with Gasteiger partial charge in [0.15, 0.2) is 0 Å². The summed E-state index contributed by atoms with van der Waals surface area (Å²) in [5.74, 6) is 0.572. The van der Waals surface area contributed by atoms with Crippen molar-refractivity contribution < 1.29 is 5.11 Å². The standard InChI is InChI=1S/C14H27NO/c1-12(2)15-10-6-13(7-11-15)14(16)8-4-3-5-9-14/h12-13,16H,3-11H2,1-2H3. The van der Waals surface area contributed by atoms with Gasteiger partial charge < -0.3 is 10.0 Å². The number of rotatable bonds is 2. The molecule has 1 saturated carbocycles. The third kappa shape index (κ3) is 2.60. The van der Waals surface area contributed by atoms with Gasteiger partial charge in [0.25, 0.3) is 0 Å². The second kappa shape index (κ2) is 5.05. The predicted octanol–water partition coefficient (Wildman–Crippen LogP) is 2.80. The average molecular weight is 225 g/mol. The van der Waals surface area contributed by atoms with Crippen LogP contribution in [-0.2, 0) is 0 Å². The lowest BCUT2D eigenvalue weighted by Gasteiger charge is -2.44. The van der Waals surface area contributed by atoms with Gasteiger partial charge in [0.1, 0.15) is 0 Å². The van der Waals surface area contributed by atoms with Crippen molar-refractivity contribution in [2.75, 3.05) is 13.1 Å². The smallest absolute Gasteiger partial charge is 0.0676 e. The highest BCUT2D eigenvalue weighted by molar-refractivity contribution is 4.92. The van der Waals surface area contributed by atoms with Gasteiger partial charge in [-0.05, 0) is 58.5 Å². The van der Waals surface area contributed by atoms with Crippen molar-refractivity contribution in [2.24, 2.45) is 5.92 Å². The minimum absolute atomic E-state index is 0.304. The van der Waals surface area contributed by atoms with Gasteiger partial charge in [-0.2, -0.15) is 0 Å². The molecule has 0 aromatic carbocycles. The quantitative estimate of drug-likeness (QED) is 0.781. The first-order valence-electron chi connectivity index (χ1n) is 7.08. The molecule has 0 unspecified atom stereocenters. The van der Waals surface area contributed by atoms with Crippen LogP contribution in [0.2, 0.25) is 0 Å². The molecule has 1 aliphatic heterocycles. The van der Waals surface area contributed by atoms with Gasteiger partial charge in [0, 0.05) is 6.04 Å². The second-order valence-corrected chi connectivity index (χ2v) is 6.07. The molecule has 2 aliphatic rings. The molecule has 1 heterocycles. The maximum Gasteiger partial charge on any atom is 0.0676 e. The lowest BCUT2D eigenvalue weighted by Crippen LogP contribution is -2.47. The predicted molar refractivity (Wildman–Crippen MR) is 67.5 cm³/mol. The summed E-state index contributed by atoms with van der Waals surface area (Å²) in [7, 11) is 0. The maximum absolute atomic E-state index is 10.7. The SMILES string of the molecule is CC(C)N1CCC(C2(O)CCCCC2)CC1. The van der Waals surface area contributed by atoms with Crippen LogP contribution in [0, 0.1) is 5.92 Å². The van der Waals surface area contributed by atoms with E-state index in [2.05, 4.69) is 18.7 Å². The van der Waals surface area contributed by atoms with Crippen LogP contribution in [-0.4, -0.2) is 34.7 Å². The van der Waals surface area contributed by atoms with Gasteiger partial charge in [0.05, 0.1) is 5.60 Å². The van der Waals surface area contributed by atoms with Crippen LogP contribution in [0.5, 0.6) is 0 Å². The van der Waals surface area contributed by atoms with E-state index < -0.39 is 0 Å². The molecule has 16 heavy (non-hydrogen) atoms. The van der Waals surface area contributed by atoms with Gasteiger partial charge in [-0.15, -0.1) is 0 Å². The van der Waals surface area contributed by atoms with Crippen LogP contribution in [0.3, 0.4) is 0 Å².